The zero-order chi connectivity index (χ0) is 17.2. The molecule has 2 rings (SSSR count). The second-order valence-corrected chi connectivity index (χ2v) is 6.78. The molecule has 0 fully saturated rings. The minimum Gasteiger partial charge on any atom is -0.475 e. The summed E-state index contributed by atoms with van der Waals surface area (Å²) in [6, 6.07) is -0.306. The maximum absolute atomic E-state index is 11.9. The summed E-state index contributed by atoms with van der Waals surface area (Å²) in [5.41, 5.74) is -0.320. The molecule has 1 N–H and O–H groups in total. The molecule has 2 heterocycles. The van der Waals surface area contributed by atoms with Crippen molar-refractivity contribution < 1.29 is 23.8 Å². The van der Waals surface area contributed by atoms with Gasteiger partial charge >= 0.3 is 12.1 Å². The molecule has 0 saturated carbocycles. The summed E-state index contributed by atoms with van der Waals surface area (Å²) in [5, 5.41) is 6.92. The highest BCUT2D eigenvalue weighted by atomic mass is 79.9. The van der Waals surface area contributed by atoms with Crippen molar-refractivity contribution in [1.29, 1.82) is 0 Å². The van der Waals surface area contributed by atoms with Crippen LogP contribution in [-0.2, 0) is 16.0 Å². The Kier molecular flexibility index (Phi) is 5.18. The summed E-state index contributed by atoms with van der Waals surface area (Å²) < 4.78 is 17.6. The molecule has 9 heteroatoms. The van der Waals surface area contributed by atoms with Gasteiger partial charge in [-0.05, 0) is 43.6 Å². The van der Waals surface area contributed by atoms with Crippen molar-refractivity contribution in [2.45, 2.75) is 45.9 Å². The van der Waals surface area contributed by atoms with Crippen LogP contribution in [0.25, 0.3) is 0 Å². The van der Waals surface area contributed by atoms with Crippen LogP contribution in [0.4, 0.5) is 4.79 Å². The molecule has 8 nitrogen and oxygen atoms in total. The lowest BCUT2D eigenvalue weighted by atomic mass is 10.2. The lowest BCUT2D eigenvalue weighted by molar-refractivity contribution is 0.0447. The Morgan fingerprint density at radius 1 is 1.48 bits per heavy atom. The number of amides is 1. The van der Waals surface area contributed by atoms with Gasteiger partial charge in [-0.25, -0.2) is 14.3 Å². The molecule has 0 spiro atoms. The number of rotatable bonds is 3. The van der Waals surface area contributed by atoms with Crippen molar-refractivity contribution in [3.63, 3.8) is 0 Å². The molecule has 1 atom stereocenters. The van der Waals surface area contributed by atoms with E-state index in [9.17, 15) is 9.59 Å². The van der Waals surface area contributed by atoms with Gasteiger partial charge in [0.1, 0.15) is 16.8 Å². The molecule has 23 heavy (non-hydrogen) atoms. The summed E-state index contributed by atoms with van der Waals surface area (Å²) in [6.45, 7) is 7.94. The van der Waals surface area contributed by atoms with Crippen LogP contribution < -0.4 is 10.1 Å². The minimum atomic E-state index is -0.573. The third-order valence-corrected chi connectivity index (χ3v) is 3.43. The van der Waals surface area contributed by atoms with E-state index < -0.39 is 17.7 Å². The Morgan fingerprint density at radius 2 is 2.17 bits per heavy atom. The molecule has 0 radical (unpaired) electrons. The zero-order valence-electron chi connectivity index (χ0n) is 13.5. The predicted octanol–water partition coefficient (Wildman–Crippen LogP) is 2.11. The molecular weight excluding hydrogens is 370 g/mol. The topological polar surface area (TPSA) is 91.7 Å². The predicted molar refractivity (Wildman–Crippen MR) is 84.5 cm³/mol. The Morgan fingerprint density at radius 3 is 2.78 bits per heavy atom. The van der Waals surface area contributed by atoms with E-state index in [0.717, 1.165) is 0 Å². The van der Waals surface area contributed by atoms with Gasteiger partial charge in [0, 0.05) is 0 Å². The van der Waals surface area contributed by atoms with Crippen LogP contribution in [-0.4, -0.2) is 46.7 Å². The molecule has 1 unspecified atom stereocenters. The first-order valence-electron chi connectivity index (χ1n) is 7.27. The minimum absolute atomic E-state index is 0.212. The van der Waals surface area contributed by atoms with E-state index in [4.69, 9.17) is 14.2 Å². The molecule has 0 aromatic carbocycles. The van der Waals surface area contributed by atoms with E-state index in [1.807, 2.05) is 0 Å². The molecule has 0 aliphatic carbocycles. The quantitative estimate of drug-likeness (QED) is 0.795. The Bertz CT molecular complexity index is 608. The van der Waals surface area contributed by atoms with Crippen LogP contribution in [0.15, 0.2) is 4.60 Å². The monoisotopic (exact) mass is 389 g/mol. The maximum atomic E-state index is 11.9. The number of carbonyl (C=O) groups excluding carboxylic acids is 2. The number of hydrogen-bond acceptors (Lipinski definition) is 6. The first kappa shape index (κ1) is 17.6. The van der Waals surface area contributed by atoms with Gasteiger partial charge in [0.15, 0.2) is 5.56 Å². The molecule has 1 amide bonds. The lowest BCUT2D eigenvalue weighted by Gasteiger charge is -2.27. The van der Waals surface area contributed by atoms with Gasteiger partial charge in [0.2, 0.25) is 5.88 Å². The van der Waals surface area contributed by atoms with Gasteiger partial charge in [-0.1, -0.05) is 0 Å². The average molecular weight is 390 g/mol. The largest absolute Gasteiger partial charge is 0.475 e. The van der Waals surface area contributed by atoms with Gasteiger partial charge in [-0.15, -0.1) is 0 Å². The van der Waals surface area contributed by atoms with E-state index in [2.05, 4.69) is 26.3 Å². The summed E-state index contributed by atoms with van der Waals surface area (Å²) in [7, 11) is 0. The maximum Gasteiger partial charge on any atom is 0.408 e. The van der Waals surface area contributed by atoms with Crippen LogP contribution in [0.2, 0.25) is 0 Å². The highest BCUT2D eigenvalue weighted by Gasteiger charge is 2.31. The summed E-state index contributed by atoms with van der Waals surface area (Å²) in [4.78, 5) is 23.7. The molecule has 128 valence electrons. The Hall–Kier alpha value is -1.77. The number of hydrogen-bond donors (Lipinski definition) is 1. The molecular formula is C14H20BrN3O5. The Balaban J connectivity index is 2.06. The highest BCUT2D eigenvalue weighted by Crippen LogP contribution is 2.30. The summed E-state index contributed by atoms with van der Waals surface area (Å²) in [5.74, 6) is -0.170. The third-order valence-electron chi connectivity index (χ3n) is 2.88. The molecule has 1 aliphatic rings. The van der Waals surface area contributed by atoms with Crippen LogP contribution in [0.5, 0.6) is 5.88 Å². The van der Waals surface area contributed by atoms with Crippen LogP contribution in [0, 0.1) is 0 Å². The third kappa shape index (κ3) is 4.37. The number of halogens is 1. The standard InChI is InChI=1S/C14H20BrN3O5/c1-5-21-12(19)9-10(15)17-18-6-8(7-22-11(9)18)16-13(20)23-14(2,3)4/h8H,5-7H2,1-4H3,(H,16,20). The first-order chi connectivity index (χ1) is 10.7. The fourth-order valence-corrected chi connectivity index (χ4v) is 2.59. The van der Waals surface area contributed by atoms with Gasteiger partial charge in [-0.3, -0.25) is 0 Å². The van der Waals surface area contributed by atoms with Crippen molar-refractivity contribution in [3.8, 4) is 5.88 Å². The van der Waals surface area contributed by atoms with E-state index in [1.165, 1.54) is 4.68 Å². The van der Waals surface area contributed by atoms with Gasteiger partial charge in [-0.2, -0.15) is 5.10 Å². The lowest BCUT2D eigenvalue weighted by Crippen LogP contribution is -2.46. The number of ether oxygens (including phenoxy) is 3. The zero-order valence-corrected chi connectivity index (χ0v) is 15.1. The number of carbonyl (C=O) groups is 2. The normalized spacial score (nSPS) is 17.0. The van der Waals surface area contributed by atoms with Crippen molar-refractivity contribution >= 4 is 28.0 Å². The van der Waals surface area contributed by atoms with Crippen LogP contribution in [0.3, 0.4) is 0 Å². The SMILES string of the molecule is CCOC(=O)c1c(Br)nn2c1OCC(NC(=O)OC(C)(C)C)C2. The number of nitrogens with one attached hydrogen (secondary N) is 1. The van der Waals surface area contributed by atoms with Crippen molar-refractivity contribution in [3.05, 3.63) is 10.2 Å². The highest BCUT2D eigenvalue weighted by molar-refractivity contribution is 9.10. The molecule has 1 aromatic heterocycles. The van der Waals surface area contributed by atoms with Gasteiger partial charge in [0.25, 0.3) is 0 Å². The van der Waals surface area contributed by atoms with E-state index >= 15 is 0 Å². The fraction of sp³-hybridized carbons (Fsp3) is 0.643. The average Bonchev–Trinajstić information content (AvgIpc) is 2.71. The smallest absolute Gasteiger partial charge is 0.408 e. The second-order valence-electron chi connectivity index (χ2n) is 6.03. The van der Waals surface area contributed by atoms with E-state index in [-0.39, 0.29) is 24.8 Å². The number of fused-ring (bicyclic) bond motifs is 1. The van der Waals surface area contributed by atoms with Crippen molar-refractivity contribution in [2.75, 3.05) is 13.2 Å². The molecule has 0 saturated heterocycles. The van der Waals surface area contributed by atoms with E-state index in [1.54, 1.807) is 27.7 Å². The van der Waals surface area contributed by atoms with Gasteiger partial charge < -0.3 is 19.5 Å². The summed E-state index contributed by atoms with van der Waals surface area (Å²) in [6.07, 6.45) is -0.522. The first-order valence-corrected chi connectivity index (χ1v) is 8.06. The van der Waals surface area contributed by atoms with Crippen LogP contribution >= 0.6 is 15.9 Å². The van der Waals surface area contributed by atoms with Crippen LogP contribution in [0.1, 0.15) is 38.1 Å². The van der Waals surface area contributed by atoms with Crippen molar-refractivity contribution in [2.24, 2.45) is 0 Å². The van der Waals surface area contributed by atoms with Gasteiger partial charge in [0.05, 0.1) is 19.2 Å². The van der Waals surface area contributed by atoms with E-state index in [0.29, 0.717) is 17.0 Å². The Labute approximate surface area is 142 Å². The number of alkyl carbamates (subject to hydrolysis) is 1. The number of nitrogens with zero attached hydrogens (tertiary/aromatic N) is 2. The number of aromatic nitrogens is 2. The van der Waals surface area contributed by atoms with Crippen molar-refractivity contribution in [1.82, 2.24) is 15.1 Å². The molecule has 0 bridgehead atoms. The number of esters is 1. The second kappa shape index (κ2) is 6.77. The molecule has 1 aromatic rings. The fourth-order valence-electron chi connectivity index (χ4n) is 2.07. The summed E-state index contributed by atoms with van der Waals surface area (Å²) >= 11 is 3.23. The molecule has 1 aliphatic heterocycles.